The van der Waals surface area contributed by atoms with Crippen LogP contribution in [0.1, 0.15) is 80.1 Å². The molecule has 6 nitrogen and oxygen atoms in total. The Morgan fingerprint density at radius 1 is 0.931 bits per heavy atom. The summed E-state index contributed by atoms with van der Waals surface area (Å²) in [4.78, 5) is 22.5. The van der Waals surface area contributed by atoms with Crippen molar-refractivity contribution in [2.24, 2.45) is 17.8 Å². The van der Waals surface area contributed by atoms with Gasteiger partial charge in [0.25, 0.3) is 0 Å². The van der Waals surface area contributed by atoms with Crippen molar-refractivity contribution < 1.29 is 23.8 Å². The second-order valence-electron chi connectivity index (χ2n) is 9.44. The Morgan fingerprint density at radius 2 is 1.52 bits per heavy atom. The average Bonchev–Trinajstić information content (AvgIpc) is 3.29. The van der Waals surface area contributed by atoms with E-state index in [2.05, 4.69) is 19.2 Å². The average molecular weight is 414 g/mol. The number of alkyl carbamates (subject to hydrolysis) is 1. The Kier molecular flexibility index (Phi) is 11.2. The standard InChI is InChI=1S/C23H43NO5/c1-7-10-18-19(11-8-2)20(18)16-27-21(26)24-17-23(5,6)29-15-12-22(3,4)28-14-9-13-25/h13,18-20H,7-12,14-17H2,1-6H3,(H,24,26). The molecule has 2 atom stereocenters. The highest BCUT2D eigenvalue weighted by molar-refractivity contribution is 5.67. The number of hydrogen-bond acceptors (Lipinski definition) is 5. The van der Waals surface area contributed by atoms with E-state index >= 15 is 0 Å². The molecule has 1 fully saturated rings. The summed E-state index contributed by atoms with van der Waals surface area (Å²) in [6.07, 6.45) is 6.46. The Labute approximate surface area is 177 Å². The van der Waals surface area contributed by atoms with Crippen molar-refractivity contribution in [1.82, 2.24) is 5.32 Å². The van der Waals surface area contributed by atoms with Crippen LogP contribution in [-0.2, 0) is 19.0 Å². The number of ether oxygens (including phenoxy) is 3. The number of carbonyl (C=O) groups excluding carboxylic acids is 2. The summed E-state index contributed by atoms with van der Waals surface area (Å²) < 4.78 is 17.1. The van der Waals surface area contributed by atoms with Crippen molar-refractivity contribution in [3.8, 4) is 0 Å². The molecule has 1 aliphatic rings. The Bertz CT molecular complexity index is 480. The van der Waals surface area contributed by atoms with Crippen LogP contribution in [0.15, 0.2) is 0 Å². The molecular weight excluding hydrogens is 370 g/mol. The zero-order valence-electron chi connectivity index (χ0n) is 19.4. The van der Waals surface area contributed by atoms with Gasteiger partial charge in [0.1, 0.15) is 6.29 Å². The lowest BCUT2D eigenvalue weighted by Crippen LogP contribution is -2.41. The van der Waals surface area contributed by atoms with E-state index in [1.165, 1.54) is 25.7 Å². The van der Waals surface area contributed by atoms with Crippen LogP contribution in [0.25, 0.3) is 0 Å². The summed E-state index contributed by atoms with van der Waals surface area (Å²) in [5.41, 5.74) is -0.841. The van der Waals surface area contributed by atoms with Crippen LogP contribution in [0.4, 0.5) is 4.79 Å². The third kappa shape index (κ3) is 10.4. The highest BCUT2D eigenvalue weighted by atomic mass is 16.6. The van der Waals surface area contributed by atoms with Gasteiger partial charge in [0, 0.05) is 13.0 Å². The molecule has 1 amide bonds. The topological polar surface area (TPSA) is 73.9 Å². The van der Waals surface area contributed by atoms with E-state index in [4.69, 9.17) is 14.2 Å². The number of hydrogen-bond donors (Lipinski definition) is 1. The van der Waals surface area contributed by atoms with Crippen molar-refractivity contribution in [3.63, 3.8) is 0 Å². The molecule has 2 unspecified atom stereocenters. The highest BCUT2D eigenvalue weighted by Crippen LogP contribution is 2.51. The fourth-order valence-electron chi connectivity index (χ4n) is 3.88. The molecule has 0 bridgehead atoms. The van der Waals surface area contributed by atoms with Gasteiger partial charge < -0.3 is 24.3 Å². The molecule has 1 saturated carbocycles. The van der Waals surface area contributed by atoms with Crippen LogP contribution in [0.2, 0.25) is 0 Å². The molecule has 1 N–H and O–H groups in total. The van der Waals surface area contributed by atoms with Gasteiger partial charge in [-0.15, -0.1) is 0 Å². The predicted molar refractivity (Wildman–Crippen MR) is 115 cm³/mol. The van der Waals surface area contributed by atoms with E-state index in [-0.39, 0.29) is 11.7 Å². The minimum Gasteiger partial charge on any atom is -0.449 e. The first kappa shape index (κ1) is 25.9. The van der Waals surface area contributed by atoms with E-state index in [9.17, 15) is 9.59 Å². The van der Waals surface area contributed by atoms with Crippen LogP contribution in [0.5, 0.6) is 0 Å². The van der Waals surface area contributed by atoms with Crippen LogP contribution in [0.3, 0.4) is 0 Å². The number of aldehydes is 1. The van der Waals surface area contributed by atoms with E-state index < -0.39 is 5.60 Å². The molecular formula is C23H43NO5. The van der Waals surface area contributed by atoms with Gasteiger partial charge in [0.05, 0.1) is 31.0 Å². The molecule has 0 saturated heterocycles. The number of amides is 1. The first-order valence-corrected chi connectivity index (χ1v) is 11.3. The minimum atomic E-state index is -0.493. The predicted octanol–water partition coefficient (Wildman–Crippen LogP) is 4.74. The van der Waals surface area contributed by atoms with Crippen molar-refractivity contribution in [2.45, 2.75) is 91.3 Å². The van der Waals surface area contributed by atoms with Crippen LogP contribution in [-0.4, -0.2) is 49.9 Å². The molecule has 0 aliphatic heterocycles. The van der Waals surface area contributed by atoms with Crippen molar-refractivity contribution >= 4 is 12.4 Å². The lowest BCUT2D eigenvalue weighted by Gasteiger charge is -2.29. The molecule has 170 valence electrons. The van der Waals surface area contributed by atoms with Gasteiger partial charge in [-0.05, 0) is 51.9 Å². The minimum absolute atomic E-state index is 0.347. The quantitative estimate of drug-likeness (QED) is 0.292. The summed E-state index contributed by atoms with van der Waals surface area (Å²) in [6, 6.07) is 0. The Hall–Kier alpha value is -1.14. The number of nitrogens with one attached hydrogen (secondary N) is 1. The molecule has 0 aromatic rings. The molecule has 1 aliphatic carbocycles. The first-order chi connectivity index (χ1) is 13.7. The molecule has 0 heterocycles. The van der Waals surface area contributed by atoms with Crippen molar-refractivity contribution in [3.05, 3.63) is 0 Å². The maximum absolute atomic E-state index is 12.1. The van der Waals surface area contributed by atoms with Gasteiger partial charge in [-0.3, -0.25) is 0 Å². The zero-order chi connectivity index (χ0) is 21.9. The molecule has 1 rings (SSSR count). The Balaban J connectivity index is 2.23. The normalized spacial score (nSPS) is 21.7. The smallest absolute Gasteiger partial charge is 0.407 e. The molecule has 0 spiro atoms. The lowest BCUT2D eigenvalue weighted by atomic mass is 10.1. The van der Waals surface area contributed by atoms with Crippen LogP contribution >= 0.6 is 0 Å². The monoisotopic (exact) mass is 413 g/mol. The van der Waals surface area contributed by atoms with E-state index in [1.54, 1.807) is 0 Å². The maximum atomic E-state index is 12.1. The third-order valence-electron chi connectivity index (χ3n) is 5.74. The molecule has 0 radical (unpaired) electrons. The fraction of sp³-hybridized carbons (Fsp3) is 0.913. The van der Waals surface area contributed by atoms with E-state index in [0.717, 1.165) is 18.1 Å². The zero-order valence-corrected chi connectivity index (χ0v) is 19.4. The SMILES string of the molecule is CCCC1C(CCC)C1COC(=O)NCC(C)(C)OCCC(C)(C)OCCC=O. The second-order valence-corrected chi connectivity index (χ2v) is 9.44. The number of carbonyl (C=O) groups is 2. The van der Waals surface area contributed by atoms with E-state index in [0.29, 0.717) is 45.1 Å². The molecule has 29 heavy (non-hydrogen) atoms. The van der Waals surface area contributed by atoms with Gasteiger partial charge in [-0.2, -0.15) is 0 Å². The molecule has 0 aromatic carbocycles. The van der Waals surface area contributed by atoms with Gasteiger partial charge in [0.2, 0.25) is 0 Å². The summed E-state index contributed by atoms with van der Waals surface area (Å²) >= 11 is 0. The van der Waals surface area contributed by atoms with Crippen molar-refractivity contribution in [2.75, 3.05) is 26.4 Å². The molecule has 6 heteroatoms. The van der Waals surface area contributed by atoms with Gasteiger partial charge in [0.15, 0.2) is 0 Å². The first-order valence-electron chi connectivity index (χ1n) is 11.3. The Morgan fingerprint density at radius 3 is 2.07 bits per heavy atom. The van der Waals surface area contributed by atoms with Crippen molar-refractivity contribution in [1.29, 1.82) is 0 Å². The van der Waals surface area contributed by atoms with Gasteiger partial charge in [-0.1, -0.05) is 39.5 Å². The maximum Gasteiger partial charge on any atom is 0.407 e. The summed E-state index contributed by atoms with van der Waals surface area (Å²) in [7, 11) is 0. The summed E-state index contributed by atoms with van der Waals surface area (Å²) in [5, 5.41) is 2.83. The largest absolute Gasteiger partial charge is 0.449 e. The van der Waals surface area contributed by atoms with E-state index in [1.807, 2.05) is 27.7 Å². The third-order valence-corrected chi connectivity index (χ3v) is 5.74. The fourth-order valence-corrected chi connectivity index (χ4v) is 3.88. The van der Waals surface area contributed by atoms with Crippen LogP contribution < -0.4 is 5.32 Å². The highest BCUT2D eigenvalue weighted by Gasteiger charge is 2.48. The number of rotatable bonds is 16. The second kappa shape index (κ2) is 12.5. The summed E-state index contributed by atoms with van der Waals surface area (Å²) in [5.74, 6) is 1.99. The van der Waals surface area contributed by atoms with Gasteiger partial charge in [-0.25, -0.2) is 4.79 Å². The lowest BCUT2D eigenvalue weighted by molar-refractivity contribution is -0.111. The van der Waals surface area contributed by atoms with Gasteiger partial charge >= 0.3 is 6.09 Å². The summed E-state index contributed by atoms with van der Waals surface area (Å²) in [6.45, 7) is 14.1. The van der Waals surface area contributed by atoms with Crippen LogP contribution in [0, 0.1) is 17.8 Å². The molecule has 0 aromatic heterocycles.